The molecule has 0 radical (unpaired) electrons. The molecule has 1 amide bonds. The average molecular weight is 504 g/mol. The highest BCUT2D eigenvalue weighted by molar-refractivity contribution is 7.90. The van der Waals surface area contributed by atoms with Crippen LogP contribution >= 0.6 is 0 Å². The molecular formula is C23H43N4O6S+. The molecule has 3 heterocycles. The van der Waals surface area contributed by atoms with Gasteiger partial charge in [0.05, 0.1) is 24.3 Å². The van der Waals surface area contributed by atoms with Crippen molar-refractivity contribution in [2.24, 2.45) is 5.92 Å². The molecule has 0 aromatic carbocycles. The number of piperazine rings is 1. The van der Waals surface area contributed by atoms with Crippen LogP contribution in [0, 0.1) is 5.92 Å². The second-order valence-electron chi connectivity index (χ2n) is 10.7. The van der Waals surface area contributed by atoms with Gasteiger partial charge < -0.3 is 25.2 Å². The third-order valence-corrected chi connectivity index (χ3v) is 10.2. The molecule has 5 unspecified atom stereocenters. The summed E-state index contributed by atoms with van der Waals surface area (Å²) in [6.07, 6.45) is 3.13. The molecule has 0 aromatic rings. The number of quaternary nitrogens is 1. The molecule has 1 aliphatic carbocycles. The zero-order chi connectivity index (χ0) is 24.3. The maximum absolute atomic E-state index is 12.9. The minimum Gasteiger partial charge on any atom is -0.388 e. The Balaban J connectivity index is 1.22. The maximum atomic E-state index is 12.9. The van der Waals surface area contributed by atoms with Gasteiger partial charge in [0.1, 0.15) is 24.5 Å². The van der Waals surface area contributed by atoms with Crippen molar-refractivity contribution in [2.75, 3.05) is 39.3 Å². The molecule has 3 aliphatic heterocycles. The Bertz CT molecular complexity index is 776. The third kappa shape index (κ3) is 6.29. The van der Waals surface area contributed by atoms with Gasteiger partial charge in [0.15, 0.2) is 0 Å². The van der Waals surface area contributed by atoms with Crippen LogP contribution in [-0.2, 0) is 19.6 Å². The van der Waals surface area contributed by atoms with Crippen LogP contribution in [-0.4, -0.2) is 109 Å². The number of hydrogen-bond acceptors (Lipinski definition) is 7. The van der Waals surface area contributed by atoms with Gasteiger partial charge in [0, 0.05) is 39.1 Å². The second-order valence-corrected chi connectivity index (χ2v) is 12.7. The van der Waals surface area contributed by atoms with Gasteiger partial charge in [-0.25, -0.2) is 13.1 Å². The van der Waals surface area contributed by atoms with Crippen molar-refractivity contribution >= 4 is 15.9 Å². The third-order valence-electron chi connectivity index (χ3n) is 8.25. The monoisotopic (exact) mass is 503 g/mol. The number of amides is 1. The number of hydrogen-bond donors (Lipinski definition) is 4. The Labute approximate surface area is 203 Å². The number of sulfonamides is 1. The van der Waals surface area contributed by atoms with Gasteiger partial charge in [-0.1, -0.05) is 6.92 Å². The number of carbonyl (C=O) groups excluding carboxylic acids is 1. The lowest BCUT2D eigenvalue weighted by atomic mass is 9.91. The summed E-state index contributed by atoms with van der Waals surface area (Å²) in [5, 5.41) is 22.9. The standard InChI is InChI=1S/C23H42N4O6S/c1-16-5-7-17(8-6-16)34(31,32)25-15-19-23(30)22(29)18(33-19)14-21(28)27-12-10-26(11-13-27)20-4-2-3-9-24-20/h16-20,22-25,29-30H,2-15H2,1H3/p+1. The average Bonchev–Trinajstić information content (AvgIpc) is 3.11. The van der Waals surface area contributed by atoms with Crippen LogP contribution in [0.4, 0.5) is 0 Å². The second kappa shape index (κ2) is 11.5. The minimum absolute atomic E-state index is 0.0163. The van der Waals surface area contributed by atoms with Gasteiger partial charge in [0.2, 0.25) is 15.9 Å². The molecule has 5 N–H and O–H groups in total. The fourth-order valence-electron chi connectivity index (χ4n) is 5.88. The van der Waals surface area contributed by atoms with E-state index < -0.39 is 39.7 Å². The molecule has 3 saturated heterocycles. The normalized spacial score (nSPS) is 38.2. The van der Waals surface area contributed by atoms with E-state index in [1.165, 1.54) is 25.8 Å². The molecule has 0 bridgehead atoms. The highest BCUT2D eigenvalue weighted by Crippen LogP contribution is 2.28. The first kappa shape index (κ1) is 26.2. The van der Waals surface area contributed by atoms with E-state index in [0.29, 0.717) is 38.0 Å². The van der Waals surface area contributed by atoms with E-state index in [-0.39, 0.29) is 18.9 Å². The van der Waals surface area contributed by atoms with Crippen molar-refractivity contribution in [3.8, 4) is 0 Å². The maximum Gasteiger partial charge on any atom is 0.225 e. The summed E-state index contributed by atoms with van der Waals surface area (Å²) in [6.45, 7) is 6.18. The zero-order valence-corrected chi connectivity index (χ0v) is 21.2. The van der Waals surface area contributed by atoms with Crippen molar-refractivity contribution in [1.29, 1.82) is 0 Å². The summed E-state index contributed by atoms with van der Waals surface area (Å²) >= 11 is 0. The molecule has 4 fully saturated rings. The van der Waals surface area contributed by atoms with E-state index in [1.807, 2.05) is 4.90 Å². The molecule has 4 rings (SSSR count). The highest BCUT2D eigenvalue weighted by Gasteiger charge is 2.44. The largest absolute Gasteiger partial charge is 0.388 e. The Kier molecular flexibility index (Phi) is 8.87. The van der Waals surface area contributed by atoms with Crippen LogP contribution < -0.4 is 10.0 Å². The number of nitrogens with two attached hydrogens (primary N) is 1. The van der Waals surface area contributed by atoms with Gasteiger partial charge in [-0.15, -0.1) is 0 Å². The number of piperidine rings is 1. The van der Waals surface area contributed by atoms with Crippen LogP contribution in [0.3, 0.4) is 0 Å². The number of nitrogens with one attached hydrogen (secondary N) is 1. The fourth-order valence-corrected chi connectivity index (χ4v) is 7.41. The van der Waals surface area contributed by atoms with Crippen molar-refractivity contribution in [2.45, 2.75) is 94.1 Å². The predicted molar refractivity (Wildman–Crippen MR) is 126 cm³/mol. The van der Waals surface area contributed by atoms with Crippen LogP contribution in [0.2, 0.25) is 0 Å². The molecule has 5 atom stereocenters. The van der Waals surface area contributed by atoms with Gasteiger partial charge in [-0.05, 0) is 44.4 Å². The minimum atomic E-state index is -3.51. The molecule has 4 aliphatic rings. The molecule has 11 heteroatoms. The molecule has 34 heavy (non-hydrogen) atoms. The number of carbonyl (C=O) groups is 1. The van der Waals surface area contributed by atoms with Crippen LogP contribution in [0.1, 0.15) is 58.3 Å². The van der Waals surface area contributed by atoms with Gasteiger partial charge in [0.25, 0.3) is 0 Å². The smallest absolute Gasteiger partial charge is 0.225 e. The van der Waals surface area contributed by atoms with Crippen LogP contribution in [0.25, 0.3) is 0 Å². The van der Waals surface area contributed by atoms with Crippen molar-refractivity contribution in [3.05, 3.63) is 0 Å². The Morgan fingerprint density at radius 1 is 1.00 bits per heavy atom. The number of aliphatic hydroxyl groups is 2. The SMILES string of the molecule is CC1CCC(S(=O)(=O)NCC2OC(CC(=O)N3CCN(C4CCCC[NH2+]4)CC3)C(O)C2O)CC1. The summed E-state index contributed by atoms with van der Waals surface area (Å²) in [5.74, 6) is 0.453. The van der Waals surface area contributed by atoms with Gasteiger partial charge >= 0.3 is 0 Å². The first-order valence-corrected chi connectivity index (χ1v) is 14.6. The van der Waals surface area contributed by atoms with E-state index in [0.717, 1.165) is 25.9 Å². The zero-order valence-electron chi connectivity index (χ0n) is 20.3. The first-order chi connectivity index (χ1) is 16.2. The Morgan fingerprint density at radius 3 is 2.32 bits per heavy atom. The van der Waals surface area contributed by atoms with Crippen LogP contribution in [0.15, 0.2) is 0 Å². The number of rotatable bonds is 7. The molecule has 0 spiro atoms. The molecule has 10 nitrogen and oxygen atoms in total. The van der Waals surface area contributed by atoms with E-state index >= 15 is 0 Å². The predicted octanol–water partition coefficient (Wildman–Crippen LogP) is -1.42. The summed E-state index contributed by atoms with van der Waals surface area (Å²) in [6, 6.07) is 0. The summed E-state index contributed by atoms with van der Waals surface area (Å²) in [4.78, 5) is 17.1. The number of ether oxygens (including phenoxy) is 1. The molecular weight excluding hydrogens is 460 g/mol. The number of aliphatic hydroxyl groups excluding tert-OH is 2. The van der Waals surface area contributed by atoms with Crippen molar-refractivity contribution in [3.63, 3.8) is 0 Å². The van der Waals surface area contributed by atoms with E-state index in [1.54, 1.807) is 0 Å². The summed E-state index contributed by atoms with van der Waals surface area (Å²) in [5.41, 5.74) is 0. The lowest BCUT2D eigenvalue weighted by molar-refractivity contribution is -0.717. The van der Waals surface area contributed by atoms with E-state index in [9.17, 15) is 23.4 Å². The van der Waals surface area contributed by atoms with E-state index in [4.69, 9.17) is 4.74 Å². The van der Waals surface area contributed by atoms with Gasteiger partial charge in [-0.2, -0.15) is 0 Å². The molecule has 196 valence electrons. The Morgan fingerprint density at radius 2 is 1.68 bits per heavy atom. The molecule has 1 saturated carbocycles. The highest BCUT2D eigenvalue weighted by atomic mass is 32.2. The topological polar surface area (TPSA) is 136 Å². The lowest BCUT2D eigenvalue weighted by Gasteiger charge is -2.39. The quantitative estimate of drug-likeness (QED) is 0.335. The van der Waals surface area contributed by atoms with Crippen LogP contribution in [0.5, 0.6) is 0 Å². The summed E-state index contributed by atoms with van der Waals surface area (Å²) in [7, 11) is -3.51. The van der Waals surface area contributed by atoms with Crippen molar-refractivity contribution < 1.29 is 33.5 Å². The molecule has 0 aromatic heterocycles. The first-order valence-electron chi connectivity index (χ1n) is 13.1. The van der Waals surface area contributed by atoms with E-state index in [2.05, 4.69) is 21.9 Å². The van der Waals surface area contributed by atoms with Gasteiger partial charge in [-0.3, -0.25) is 9.69 Å². The lowest BCUT2D eigenvalue weighted by Crippen LogP contribution is -2.95. The Hall–Kier alpha value is -0.820. The fraction of sp³-hybridized carbons (Fsp3) is 0.957. The number of nitrogens with zero attached hydrogens (tertiary/aromatic N) is 2. The summed E-state index contributed by atoms with van der Waals surface area (Å²) < 4.78 is 33.7. The van der Waals surface area contributed by atoms with Crippen molar-refractivity contribution in [1.82, 2.24) is 14.5 Å².